The van der Waals surface area contributed by atoms with E-state index in [-0.39, 0.29) is 44.5 Å². The van der Waals surface area contributed by atoms with Gasteiger partial charge in [-0.15, -0.1) is 45.3 Å². The number of halogens is 4. The van der Waals surface area contributed by atoms with Crippen LogP contribution in [0.25, 0.3) is 62.3 Å². The van der Waals surface area contributed by atoms with Crippen LogP contribution in [0.5, 0.6) is 11.5 Å². The summed E-state index contributed by atoms with van der Waals surface area (Å²) in [6, 6.07) is 14.5. The Balaban J connectivity index is 1.04. The Morgan fingerprint density at radius 1 is 0.594 bits per heavy atom. The highest BCUT2D eigenvalue weighted by atomic mass is 32.1. The van der Waals surface area contributed by atoms with Gasteiger partial charge in [0, 0.05) is 58.5 Å². The third-order valence-electron chi connectivity index (χ3n) is 11.2. The number of nitriles is 2. The van der Waals surface area contributed by atoms with E-state index in [1.807, 2.05) is 27.7 Å². The molecule has 0 saturated heterocycles. The molecule has 0 spiro atoms. The Labute approximate surface area is 377 Å². The van der Waals surface area contributed by atoms with Crippen LogP contribution < -0.4 is 9.47 Å². The standard InChI is InChI=1S/C48H22F4N4O4S4/c1-47(2)28-15-36(63-42(28)44-34(59-47)9-20(61-44)7-26-38(19(17-53)18-54)22-11-30(49)32(51)13-24(22)40(26)57)37-16-29-43(64-37)45-35(60-48(29,3)4)10-21(62-45)8-27-39(46(55-5)56-6)23-12-31(50)33(52)14-25(23)41(27)58/h7-16H,1-4H3/b26-7-,27-8-. The van der Waals surface area contributed by atoms with E-state index in [4.69, 9.17) is 22.6 Å². The van der Waals surface area contributed by atoms with Gasteiger partial charge >= 0.3 is 5.82 Å². The van der Waals surface area contributed by atoms with E-state index >= 15 is 0 Å². The average Bonchev–Trinajstić information content (AvgIpc) is 4.10. The molecule has 4 aromatic heterocycles. The van der Waals surface area contributed by atoms with Gasteiger partial charge in [0.1, 0.15) is 53.6 Å². The van der Waals surface area contributed by atoms with Crippen molar-refractivity contribution in [3.8, 4) is 52.9 Å². The van der Waals surface area contributed by atoms with Gasteiger partial charge < -0.3 is 9.47 Å². The molecule has 0 atom stereocenters. The molecule has 2 aliphatic heterocycles. The number of ketones is 2. The van der Waals surface area contributed by atoms with Gasteiger partial charge in [-0.2, -0.15) is 20.2 Å². The van der Waals surface area contributed by atoms with Crippen molar-refractivity contribution >= 4 is 80.2 Å². The van der Waals surface area contributed by atoms with E-state index in [9.17, 15) is 37.7 Å². The summed E-state index contributed by atoms with van der Waals surface area (Å²) in [7, 11) is 0. The van der Waals surface area contributed by atoms with Gasteiger partial charge in [0.25, 0.3) is 0 Å². The van der Waals surface area contributed by atoms with Crippen LogP contribution in [0.3, 0.4) is 0 Å². The van der Waals surface area contributed by atoms with Crippen LogP contribution in [-0.2, 0) is 11.2 Å². The van der Waals surface area contributed by atoms with Crippen molar-refractivity contribution in [2.75, 3.05) is 0 Å². The zero-order chi connectivity index (χ0) is 45.3. The predicted molar refractivity (Wildman–Crippen MR) is 237 cm³/mol. The molecule has 16 heteroatoms. The Bertz CT molecular complexity index is 3280. The predicted octanol–water partition coefficient (Wildman–Crippen LogP) is 13.6. The van der Waals surface area contributed by atoms with Gasteiger partial charge in [0.15, 0.2) is 34.8 Å². The number of hydrogen-bond acceptors (Lipinski definition) is 10. The molecule has 0 unspecified atom stereocenters. The number of carbonyl (C=O) groups is 2. The molecular formula is C48H22F4N4O4S4. The molecule has 2 aliphatic carbocycles. The Hall–Kier alpha value is -7.18. The largest absolute Gasteiger partial charge is 0.528 e. The van der Waals surface area contributed by atoms with Crippen LogP contribution in [0.15, 0.2) is 71.1 Å². The van der Waals surface area contributed by atoms with Crippen molar-refractivity contribution < 1.29 is 36.6 Å². The van der Waals surface area contributed by atoms with E-state index in [0.717, 1.165) is 64.7 Å². The third kappa shape index (κ3) is 5.99. The fourth-order valence-corrected chi connectivity index (χ4v) is 13.4. The first kappa shape index (κ1) is 40.9. The minimum atomic E-state index is -1.23. The smallest absolute Gasteiger partial charge is 0.482 e. The van der Waals surface area contributed by atoms with Crippen LogP contribution in [0.1, 0.15) is 80.4 Å². The first-order valence-electron chi connectivity index (χ1n) is 19.0. The lowest BCUT2D eigenvalue weighted by Gasteiger charge is -2.31. The summed E-state index contributed by atoms with van der Waals surface area (Å²) in [4.78, 5) is 40.3. The summed E-state index contributed by atoms with van der Waals surface area (Å²) < 4.78 is 70.5. The molecule has 310 valence electrons. The zero-order valence-corrected chi connectivity index (χ0v) is 36.6. The summed E-state index contributed by atoms with van der Waals surface area (Å²) >= 11 is 5.77. The molecule has 10 rings (SSSR count). The highest BCUT2D eigenvalue weighted by molar-refractivity contribution is 7.29. The van der Waals surface area contributed by atoms with Crippen molar-refractivity contribution in [3.05, 3.63) is 160 Å². The van der Waals surface area contributed by atoms with E-state index < -0.39 is 57.4 Å². The van der Waals surface area contributed by atoms with Crippen LogP contribution in [0.4, 0.5) is 17.6 Å². The second-order valence-corrected chi connectivity index (χ2v) is 20.2. The van der Waals surface area contributed by atoms with Crippen molar-refractivity contribution in [1.29, 1.82) is 10.5 Å². The summed E-state index contributed by atoms with van der Waals surface area (Å²) in [6.07, 6.45) is 3.04. The number of thiophene rings is 4. The molecule has 4 aliphatic rings. The summed E-state index contributed by atoms with van der Waals surface area (Å²) in [5, 5.41) is 19.5. The zero-order valence-electron chi connectivity index (χ0n) is 33.3. The first-order valence-corrected chi connectivity index (χ1v) is 22.2. The van der Waals surface area contributed by atoms with E-state index in [2.05, 4.69) is 21.8 Å². The van der Waals surface area contributed by atoms with Crippen molar-refractivity contribution in [3.63, 3.8) is 0 Å². The number of rotatable bonds is 3. The third-order valence-corrected chi connectivity index (χ3v) is 16.2. The monoisotopic (exact) mass is 922 g/mol. The molecule has 0 amide bonds. The van der Waals surface area contributed by atoms with Crippen LogP contribution in [-0.4, -0.2) is 11.6 Å². The van der Waals surface area contributed by atoms with E-state index in [0.29, 0.717) is 21.3 Å². The van der Waals surface area contributed by atoms with E-state index in [1.54, 1.807) is 46.9 Å². The van der Waals surface area contributed by atoms with E-state index in [1.165, 1.54) is 34.8 Å². The molecule has 6 heterocycles. The lowest BCUT2D eigenvalue weighted by molar-refractivity contribution is 0.103. The SMILES string of the molecule is [C-]#[N+]C([N+]#[C-])=C1/C(=C/c2cc3c(s2)-c2sc(-c4cc5c(s4)-c4sc(/C=C6\C(=O)c7cc(F)c(F)cc7C6=C(C#N)C#N)cc4OC5(C)C)cc2C(C)(C)O3)C(=O)c2cc(F)c(F)cc21. The maximum atomic E-state index is 14.4. The average molecular weight is 923 g/mol. The summed E-state index contributed by atoms with van der Waals surface area (Å²) in [5.74, 6) is -5.47. The summed E-state index contributed by atoms with van der Waals surface area (Å²) in [5.41, 5.74) is -0.652. The van der Waals surface area contributed by atoms with Crippen molar-refractivity contribution in [1.82, 2.24) is 0 Å². The maximum Gasteiger partial charge on any atom is 0.528 e. The molecule has 0 saturated carbocycles. The molecule has 0 radical (unpaired) electrons. The van der Waals surface area contributed by atoms with Crippen LogP contribution >= 0.6 is 45.3 Å². The molecular weight excluding hydrogens is 901 g/mol. The molecule has 0 fully saturated rings. The number of Topliss-reactive ketones (excluding diaryl/α,β-unsaturated/α-hetero) is 2. The van der Waals surface area contributed by atoms with Gasteiger partial charge in [0.2, 0.25) is 0 Å². The van der Waals surface area contributed by atoms with Crippen molar-refractivity contribution in [2.24, 2.45) is 0 Å². The number of fused-ring (bicyclic) bond motifs is 8. The van der Waals surface area contributed by atoms with Gasteiger partial charge in [-0.25, -0.2) is 17.6 Å². The van der Waals surface area contributed by atoms with Gasteiger partial charge in [-0.3, -0.25) is 9.59 Å². The number of carbonyl (C=O) groups excluding carboxylic acids is 2. The minimum Gasteiger partial charge on any atom is -0.482 e. The topological polar surface area (TPSA) is 109 Å². The second kappa shape index (κ2) is 14.2. The molecule has 2 aromatic carbocycles. The minimum absolute atomic E-state index is 0.0159. The fraction of sp³-hybridized carbons (Fsp3) is 0.125. The Morgan fingerprint density at radius 2 is 0.984 bits per heavy atom. The molecule has 8 nitrogen and oxygen atoms in total. The number of benzene rings is 2. The second-order valence-electron chi connectivity index (χ2n) is 15.9. The number of allylic oxidation sites excluding steroid dienone is 5. The molecule has 6 aromatic rings. The quantitative estimate of drug-likeness (QED) is 0.0757. The van der Waals surface area contributed by atoms with Gasteiger partial charge in [-0.1, -0.05) is 0 Å². The first-order chi connectivity index (χ1) is 30.5. The normalized spacial score (nSPS) is 16.9. The highest BCUT2D eigenvalue weighted by Crippen LogP contribution is 2.59. The Kier molecular flexibility index (Phi) is 9.05. The number of hydrogen-bond donors (Lipinski definition) is 0. The lowest BCUT2D eigenvalue weighted by atomic mass is 9.94. The Morgan fingerprint density at radius 3 is 1.39 bits per heavy atom. The molecule has 0 N–H and O–H groups in total. The van der Waals surface area contributed by atoms with Crippen LogP contribution in [0.2, 0.25) is 0 Å². The number of nitrogens with zero attached hydrogens (tertiary/aromatic N) is 4. The van der Waals surface area contributed by atoms with Crippen LogP contribution in [0, 0.1) is 59.1 Å². The van der Waals surface area contributed by atoms with Gasteiger partial charge in [0.05, 0.1) is 25.1 Å². The molecule has 0 bridgehead atoms. The van der Waals surface area contributed by atoms with Crippen molar-refractivity contribution in [2.45, 2.75) is 38.9 Å². The fourth-order valence-electron chi connectivity index (χ4n) is 8.35. The van der Waals surface area contributed by atoms with Gasteiger partial charge in [-0.05, 0) is 99.5 Å². The number of ether oxygens (including phenoxy) is 2. The molecule has 64 heavy (non-hydrogen) atoms. The lowest BCUT2D eigenvalue weighted by Crippen LogP contribution is -2.27. The highest BCUT2D eigenvalue weighted by Gasteiger charge is 2.42. The maximum absolute atomic E-state index is 14.4. The summed E-state index contributed by atoms with van der Waals surface area (Å²) in [6.45, 7) is 23.0.